The molecule has 2 N–H and O–H groups in total. The van der Waals surface area contributed by atoms with Crippen LogP contribution in [0.3, 0.4) is 0 Å². The van der Waals surface area contributed by atoms with Crippen molar-refractivity contribution in [2.24, 2.45) is 0 Å². The molecule has 0 aliphatic carbocycles. The molecule has 28 heavy (non-hydrogen) atoms. The second-order valence-corrected chi connectivity index (χ2v) is 6.72. The van der Waals surface area contributed by atoms with Gasteiger partial charge in [-0.15, -0.1) is 0 Å². The third kappa shape index (κ3) is 2.63. The van der Waals surface area contributed by atoms with Crippen LogP contribution in [-0.4, -0.2) is 33.4 Å². The maximum Gasteiger partial charge on any atom is 0.197 e. The van der Waals surface area contributed by atoms with Crippen LogP contribution in [-0.2, 0) is 0 Å². The molecule has 142 valence electrons. The summed E-state index contributed by atoms with van der Waals surface area (Å²) in [5, 5.41) is 21.3. The lowest BCUT2D eigenvalue weighted by Gasteiger charge is -2.10. The predicted molar refractivity (Wildman–Crippen MR) is 104 cm³/mol. The Kier molecular flexibility index (Phi) is 4.15. The van der Waals surface area contributed by atoms with Crippen molar-refractivity contribution in [2.75, 3.05) is 7.11 Å². The summed E-state index contributed by atoms with van der Waals surface area (Å²) in [4.78, 5) is 13.5. The Bertz CT molecular complexity index is 1210. The van der Waals surface area contributed by atoms with E-state index in [2.05, 4.69) is 15.4 Å². The number of methoxy groups -OCH3 is 1. The Balaban J connectivity index is 2.00. The zero-order valence-electron chi connectivity index (χ0n) is 16.0. The average molecular weight is 377 g/mol. The van der Waals surface area contributed by atoms with E-state index in [9.17, 15) is 9.90 Å². The van der Waals surface area contributed by atoms with E-state index in [1.165, 1.54) is 6.20 Å². The molecule has 0 aliphatic heterocycles. The van der Waals surface area contributed by atoms with Crippen LogP contribution >= 0.6 is 0 Å². The molecule has 0 saturated heterocycles. The molecule has 0 aliphatic rings. The van der Waals surface area contributed by atoms with Crippen LogP contribution in [0.25, 0.3) is 22.4 Å². The molecule has 0 amide bonds. The zero-order chi connectivity index (χ0) is 20.0. The number of furan rings is 1. The molecule has 7 nitrogen and oxygen atoms in total. The lowest BCUT2D eigenvalue weighted by molar-refractivity contribution is 0.104. The van der Waals surface area contributed by atoms with Gasteiger partial charge < -0.3 is 14.3 Å². The summed E-state index contributed by atoms with van der Waals surface area (Å²) in [7, 11) is 1.57. The molecule has 0 unspecified atom stereocenters. The average Bonchev–Trinajstić information content (AvgIpc) is 3.34. The van der Waals surface area contributed by atoms with Crippen molar-refractivity contribution in [3.63, 3.8) is 0 Å². The molecule has 0 radical (unpaired) electrons. The molecule has 7 heteroatoms. The Morgan fingerprint density at radius 2 is 1.96 bits per heavy atom. The quantitative estimate of drug-likeness (QED) is 0.520. The fourth-order valence-electron chi connectivity index (χ4n) is 3.28. The number of nitrogens with zero attached hydrogens (tertiary/aromatic N) is 2. The lowest BCUT2D eigenvalue weighted by Crippen LogP contribution is -2.05. The highest BCUT2D eigenvalue weighted by atomic mass is 16.5. The highest BCUT2D eigenvalue weighted by Crippen LogP contribution is 2.39. The van der Waals surface area contributed by atoms with Crippen molar-refractivity contribution in [1.29, 1.82) is 0 Å². The highest BCUT2D eigenvalue weighted by molar-refractivity contribution is 6.20. The van der Waals surface area contributed by atoms with E-state index in [-0.39, 0.29) is 22.9 Å². The van der Waals surface area contributed by atoms with Gasteiger partial charge in [0.05, 0.1) is 18.9 Å². The van der Waals surface area contributed by atoms with Crippen LogP contribution in [0.15, 0.2) is 34.9 Å². The maximum atomic E-state index is 13.5. The van der Waals surface area contributed by atoms with Gasteiger partial charge in [0.15, 0.2) is 22.9 Å². The number of ketones is 1. The lowest BCUT2D eigenvalue weighted by atomic mass is 9.95. The zero-order valence-corrected chi connectivity index (χ0v) is 16.0. The predicted octanol–water partition coefficient (Wildman–Crippen LogP) is 4.09. The fourth-order valence-corrected chi connectivity index (χ4v) is 3.28. The molecular weight excluding hydrogens is 358 g/mol. The molecule has 2 aromatic carbocycles. The minimum Gasteiger partial charge on any atom is -0.504 e. The Morgan fingerprint density at radius 3 is 2.64 bits per heavy atom. The van der Waals surface area contributed by atoms with Crippen LogP contribution in [0, 0.1) is 20.8 Å². The highest BCUT2D eigenvalue weighted by Gasteiger charge is 2.27. The van der Waals surface area contributed by atoms with Gasteiger partial charge in [0.1, 0.15) is 11.4 Å². The number of hydrogen-bond donors (Lipinski definition) is 2. The van der Waals surface area contributed by atoms with E-state index in [0.29, 0.717) is 33.5 Å². The number of phenols is 1. The summed E-state index contributed by atoms with van der Waals surface area (Å²) >= 11 is 0. The molecule has 0 saturated carbocycles. The van der Waals surface area contributed by atoms with Gasteiger partial charge in [0, 0.05) is 10.9 Å². The van der Waals surface area contributed by atoms with E-state index >= 15 is 0 Å². The summed E-state index contributed by atoms with van der Waals surface area (Å²) in [6.07, 6.45) is 1.47. The monoisotopic (exact) mass is 377 g/mol. The number of carbonyl (C=O) groups excluding carboxylic acids is 1. The van der Waals surface area contributed by atoms with Gasteiger partial charge >= 0.3 is 0 Å². The summed E-state index contributed by atoms with van der Waals surface area (Å²) in [6.45, 7) is 5.63. The number of fused-ring (bicyclic) bond motifs is 1. The number of aryl methyl sites for hydroxylation is 2. The van der Waals surface area contributed by atoms with Crippen LogP contribution in [0.1, 0.15) is 32.6 Å². The Labute approximate surface area is 161 Å². The maximum absolute atomic E-state index is 13.5. The third-order valence-electron chi connectivity index (χ3n) is 5.01. The number of aromatic nitrogens is 3. The Morgan fingerprint density at radius 1 is 1.18 bits per heavy atom. The second-order valence-electron chi connectivity index (χ2n) is 6.72. The SMILES string of the molecule is COc1cc(C(=O)c2c(-c3cn[nH]n3)oc3c(O)c(C)ccc23)cc(C)c1C. The first-order chi connectivity index (χ1) is 13.4. The van der Waals surface area contributed by atoms with Gasteiger partial charge in [-0.3, -0.25) is 4.79 Å². The van der Waals surface area contributed by atoms with Crippen molar-refractivity contribution in [3.8, 4) is 23.0 Å². The van der Waals surface area contributed by atoms with Gasteiger partial charge in [-0.2, -0.15) is 15.4 Å². The minimum atomic E-state index is -0.249. The van der Waals surface area contributed by atoms with E-state index in [0.717, 1.165) is 11.1 Å². The normalized spacial score (nSPS) is 11.1. The number of phenolic OH excluding ortho intramolecular Hbond substituents is 1. The summed E-state index contributed by atoms with van der Waals surface area (Å²) in [5.41, 5.74) is 3.99. The van der Waals surface area contributed by atoms with Crippen molar-refractivity contribution < 1.29 is 19.1 Å². The van der Waals surface area contributed by atoms with Crippen LogP contribution in [0.5, 0.6) is 11.5 Å². The fraction of sp³-hybridized carbons (Fsp3) is 0.190. The molecule has 2 aromatic heterocycles. The number of carbonyl (C=O) groups is 1. The molecule has 0 fully saturated rings. The second kappa shape index (κ2) is 6.53. The summed E-state index contributed by atoms with van der Waals surface area (Å²) < 4.78 is 11.3. The molecule has 0 spiro atoms. The smallest absolute Gasteiger partial charge is 0.197 e. The number of hydrogen-bond acceptors (Lipinski definition) is 6. The largest absolute Gasteiger partial charge is 0.504 e. The van der Waals surface area contributed by atoms with E-state index < -0.39 is 0 Å². The van der Waals surface area contributed by atoms with Gasteiger partial charge in [-0.05, 0) is 55.7 Å². The van der Waals surface area contributed by atoms with Crippen molar-refractivity contribution in [3.05, 3.63) is 58.3 Å². The van der Waals surface area contributed by atoms with Crippen LogP contribution in [0.2, 0.25) is 0 Å². The number of ether oxygens (including phenoxy) is 1. The first-order valence-corrected chi connectivity index (χ1v) is 8.73. The molecular formula is C21H19N3O4. The van der Waals surface area contributed by atoms with Crippen LogP contribution in [0.4, 0.5) is 0 Å². The first kappa shape index (κ1) is 17.8. The minimum absolute atomic E-state index is 0.000961. The molecule has 0 atom stereocenters. The van der Waals surface area contributed by atoms with E-state index in [1.54, 1.807) is 32.2 Å². The van der Waals surface area contributed by atoms with Gasteiger partial charge in [0.25, 0.3) is 0 Å². The van der Waals surface area contributed by atoms with Gasteiger partial charge in [-0.25, -0.2) is 0 Å². The van der Waals surface area contributed by atoms with Gasteiger partial charge in [-0.1, -0.05) is 6.07 Å². The Hall–Kier alpha value is -3.61. The molecule has 2 heterocycles. The molecule has 4 rings (SSSR count). The number of aromatic amines is 1. The summed E-state index contributed by atoms with van der Waals surface area (Å²) in [6, 6.07) is 7.05. The topological polar surface area (TPSA) is 101 Å². The number of nitrogens with one attached hydrogen (secondary N) is 1. The molecule has 4 aromatic rings. The number of aromatic hydroxyl groups is 1. The van der Waals surface area contributed by atoms with Crippen molar-refractivity contribution >= 4 is 16.8 Å². The number of H-pyrrole nitrogens is 1. The summed E-state index contributed by atoms with van der Waals surface area (Å²) in [5.74, 6) is 0.644. The standard InChI is InChI=1S/C21H19N3O4/c1-10-5-6-14-17(19(26)13-7-11(2)12(3)16(8-13)27-4)21(15-9-22-24-23-15)28-20(14)18(10)25/h5-9,25H,1-4H3,(H,22,23,24). The van der Waals surface area contributed by atoms with E-state index in [4.69, 9.17) is 9.15 Å². The van der Waals surface area contributed by atoms with Gasteiger partial charge in [0.2, 0.25) is 0 Å². The molecule has 0 bridgehead atoms. The first-order valence-electron chi connectivity index (χ1n) is 8.73. The number of benzene rings is 2. The number of rotatable bonds is 4. The van der Waals surface area contributed by atoms with Crippen molar-refractivity contribution in [2.45, 2.75) is 20.8 Å². The third-order valence-corrected chi connectivity index (χ3v) is 5.01. The van der Waals surface area contributed by atoms with Crippen LogP contribution < -0.4 is 4.74 Å². The van der Waals surface area contributed by atoms with E-state index in [1.807, 2.05) is 19.9 Å². The van der Waals surface area contributed by atoms with Crippen molar-refractivity contribution in [1.82, 2.24) is 15.4 Å².